The molecule has 3 unspecified atom stereocenters. The van der Waals surface area contributed by atoms with Gasteiger partial charge in [0.2, 0.25) is 0 Å². The molecule has 0 spiro atoms. The number of aliphatic hydroxyl groups is 1. The van der Waals surface area contributed by atoms with Crippen LogP contribution in [0.15, 0.2) is 134 Å². The number of aliphatic hydroxyl groups excluding tert-OH is 1. The van der Waals surface area contributed by atoms with Crippen LogP contribution in [-0.2, 0) is 42.2 Å². The van der Waals surface area contributed by atoms with Crippen molar-refractivity contribution in [2.75, 3.05) is 26.4 Å². The molecule has 0 rings (SSSR count). The maximum atomic E-state index is 13.0. The molecule has 0 aromatic heterocycles. The molecule has 0 radical (unpaired) electrons. The van der Waals surface area contributed by atoms with E-state index in [1.807, 2.05) is 18.2 Å². The highest BCUT2D eigenvalue weighted by molar-refractivity contribution is 7.47. The summed E-state index contributed by atoms with van der Waals surface area (Å²) in [6, 6.07) is 0. The molecule has 0 aromatic carbocycles. The van der Waals surface area contributed by atoms with E-state index in [1.165, 1.54) is 57.8 Å². The van der Waals surface area contributed by atoms with E-state index >= 15 is 0 Å². The number of unbranched alkanes of at least 4 members (excludes halogenated alkanes) is 18. The molecule has 0 bridgehead atoms. The molecule has 12 heteroatoms. The van der Waals surface area contributed by atoms with Crippen LogP contribution in [0.25, 0.3) is 0 Å². The first-order valence-electron chi connectivity index (χ1n) is 31.1. The summed E-state index contributed by atoms with van der Waals surface area (Å²) in [6.07, 6.45) is 77.2. The number of carbonyl (C=O) groups excluding carboxylic acids is 3. The van der Waals surface area contributed by atoms with Gasteiger partial charge in [-0.3, -0.25) is 23.4 Å². The molecule has 454 valence electrons. The number of rotatable bonds is 56. The van der Waals surface area contributed by atoms with E-state index in [0.717, 1.165) is 122 Å². The number of ether oxygens (including phenoxy) is 3. The van der Waals surface area contributed by atoms with E-state index in [0.29, 0.717) is 19.3 Å². The van der Waals surface area contributed by atoms with Crippen molar-refractivity contribution in [3.05, 3.63) is 134 Å². The Bertz CT molecular complexity index is 1850. The lowest BCUT2D eigenvalue weighted by Crippen LogP contribution is -2.30. The second kappa shape index (κ2) is 60.7. The van der Waals surface area contributed by atoms with Crippen molar-refractivity contribution in [3.8, 4) is 0 Å². The average Bonchev–Trinajstić information content (AvgIpc) is 3.45. The first-order valence-corrected chi connectivity index (χ1v) is 32.6. The van der Waals surface area contributed by atoms with Crippen LogP contribution in [0.3, 0.4) is 0 Å². The molecule has 0 fully saturated rings. The van der Waals surface area contributed by atoms with Gasteiger partial charge in [0.1, 0.15) is 12.7 Å². The molecular weight excluding hydrogens is 1020 g/mol. The minimum Gasteiger partial charge on any atom is -0.462 e. The lowest BCUT2D eigenvalue weighted by Gasteiger charge is -2.21. The van der Waals surface area contributed by atoms with Gasteiger partial charge in [0.25, 0.3) is 0 Å². The Balaban J connectivity index is 4.84. The fourth-order valence-electron chi connectivity index (χ4n) is 7.92. The zero-order valence-electron chi connectivity index (χ0n) is 50.2. The van der Waals surface area contributed by atoms with Crippen molar-refractivity contribution < 1.29 is 52.2 Å². The van der Waals surface area contributed by atoms with Gasteiger partial charge >= 0.3 is 25.7 Å². The normalized spacial score (nSPS) is 14.2. The third kappa shape index (κ3) is 58.3. The lowest BCUT2D eigenvalue weighted by atomic mass is 10.1. The van der Waals surface area contributed by atoms with E-state index < -0.39 is 57.8 Å². The molecule has 2 N–H and O–H groups in total. The Morgan fingerprint density at radius 1 is 0.375 bits per heavy atom. The topological polar surface area (TPSA) is 155 Å². The van der Waals surface area contributed by atoms with Gasteiger partial charge < -0.3 is 24.2 Å². The van der Waals surface area contributed by atoms with E-state index in [-0.39, 0.29) is 25.9 Å². The van der Waals surface area contributed by atoms with E-state index in [2.05, 4.69) is 130 Å². The van der Waals surface area contributed by atoms with E-state index in [1.54, 1.807) is 6.08 Å². The minimum absolute atomic E-state index is 0.0624. The maximum absolute atomic E-state index is 13.0. The van der Waals surface area contributed by atoms with Gasteiger partial charge in [0.15, 0.2) is 6.10 Å². The van der Waals surface area contributed by atoms with Crippen molar-refractivity contribution in [2.45, 2.75) is 251 Å². The number of esters is 3. The quantitative estimate of drug-likeness (QED) is 0.0197. The Labute approximate surface area is 487 Å². The van der Waals surface area contributed by atoms with Crippen LogP contribution in [0.4, 0.5) is 0 Å². The predicted molar refractivity (Wildman–Crippen MR) is 334 cm³/mol. The molecule has 0 aliphatic rings. The van der Waals surface area contributed by atoms with Crippen LogP contribution in [0.5, 0.6) is 0 Å². The molecule has 3 atom stereocenters. The summed E-state index contributed by atoms with van der Waals surface area (Å²) in [5.74, 6) is -1.63. The summed E-state index contributed by atoms with van der Waals surface area (Å²) in [5, 5.41) is 9.82. The van der Waals surface area contributed by atoms with Gasteiger partial charge in [0.05, 0.1) is 26.2 Å². The zero-order chi connectivity index (χ0) is 58.3. The summed E-state index contributed by atoms with van der Waals surface area (Å²) >= 11 is 0. The van der Waals surface area contributed by atoms with Gasteiger partial charge in [-0.15, -0.1) is 0 Å². The van der Waals surface area contributed by atoms with Gasteiger partial charge in [-0.05, 0) is 116 Å². The van der Waals surface area contributed by atoms with Crippen molar-refractivity contribution in [3.63, 3.8) is 0 Å². The fourth-order valence-corrected chi connectivity index (χ4v) is 8.71. The molecule has 0 aliphatic carbocycles. The number of phosphoric acid groups is 1. The Morgan fingerprint density at radius 2 is 0.700 bits per heavy atom. The van der Waals surface area contributed by atoms with Crippen LogP contribution >= 0.6 is 7.82 Å². The first-order chi connectivity index (χ1) is 39.2. The number of phosphoric ester groups is 1. The number of allylic oxidation sites excluding steroid dienone is 21. The second-order valence-corrected chi connectivity index (χ2v) is 21.6. The molecule has 11 nitrogen and oxygen atoms in total. The highest BCUT2D eigenvalue weighted by Gasteiger charge is 2.28. The summed E-state index contributed by atoms with van der Waals surface area (Å²) in [6.45, 7) is 4.26. The molecule has 0 heterocycles. The summed E-state index contributed by atoms with van der Waals surface area (Å²) in [5.41, 5.74) is 0. The third-order valence-electron chi connectivity index (χ3n) is 12.6. The molecule has 0 saturated carbocycles. The molecular formula is C68H111O11P. The van der Waals surface area contributed by atoms with Crippen LogP contribution in [0.1, 0.15) is 239 Å². The highest BCUT2D eigenvalue weighted by Crippen LogP contribution is 2.43. The van der Waals surface area contributed by atoms with Crippen molar-refractivity contribution in [2.24, 2.45) is 0 Å². The summed E-state index contributed by atoms with van der Waals surface area (Å²) in [7, 11) is -4.79. The van der Waals surface area contributed by atoms with Crippen LogP contribution in [0, 0.1) is 0 Å². The third-order valence-corrected chi connectivity index (χ3v) is 13.5. The maximum Gasteiger partial charge on any atom is 0.472 e. The first kappa shape index (κ1) is 75.6. The summed E-state index contributed by atoms with van der Waals surface area (Å²) < 4.78 is 39.5. The summed E-state index contributed by atoms with van der Waals surface area (Å²) in [4.78, 5) is 48.7. The monoisotopic (exact) mass is 1130 g/mol. The lowest BCUT2D eigenvalue weighted by molar-refractivity contribution is -0.161. The van der Waals surface area contributed by atoms with Crippen molar-refractivity contribution in [1.82, 2.24) is 0 Å². The Kier molecular flexibility index (Phi) is 57.4. The Hall–Kier alpha value is -4.38. The van der Waals surface area contributed by atoms with Crippen LogP contribution in [-0.4, -0.2) is 66.5 Å². The highest BCUT2D eigenvalue weighted by atomic mass is 31.2. The minimum atomic E-state index is -4.79. The van der Waals surface area contributed by atoms with Crippen molar-refractivity contribution >= 4 is 25.7 Å². The number of carbonyl (C=O) groups is 3. The van der Waals surface area contributed by atoms with Gasteiger partial charge in [-0.25, -0.2) is 4.57 Å². The smallest absolute Gasteiger partial charge is 0.462 e. The molecule has 0 saturated heterocycles. The van der Waals surface area contributed by atoms with Crippen molar-refractivity contribution in [1.29, 1.82) is 0 Å². The van der Waals surface area contributed by atoms with Gasteiger partial charge in [-0.2, -0.15) is 0 Å². The number of hydrogen-bond donors (Lipinski definition) is 2. The van der Waals surface area contributed by atoms with Gasteiger partial charge in [0, 0.05) is 12.8 Å². The van der Waals surface area contributed by atoms with Gasteiger partial charge in [-0.1, -0.05) is 238 Å². The van der Waals surface area contributed by atoms with E-state index in [9.17, 15) is 28.9 Å². The Morgan fingerprint density at radius 3 is 1.10 bits per heavy atom. The fraction of sp³-hybridized carbons (Fsp3) is 0.632. The standard InChI is InChI=1S/C68H111O11P/c1-4-7-10-13-16-19-22-25-28-30-32-34-37-39-42-45-48-51-54-57-66(70)75-61-65(79-68(72)59-56-53-50-47-44-41-38-35-33-31-29-26-23-20-17-14-11-8-5-2)63-77-80(73,74)76-62-64(60-69)78-67(71)58-55-52-49-46-43-40-36-27-24-21-18-15-12-9-6-3/h8-9,11-12,16-21,25-29,33,35-36,43,46,52,55,64-65,69H,4-7,10,13-15,22-24,30-32,34,37-42,44-45,47-51,53-54,56-63H2,1-3H3,(H,73,74)/b11-8-,12-9-,19-16-,20-17-,21-18-,28-25-,29-26-,35-33-,36-27-,46-43-,55-52-. The molecule has 0 amide bonds. The van der Waals surface area contributed by atoms with Crippen LogP contribution < -0.4 is 0 Å². The second-order valence-electron chi connectivity index (χ2n) is 20.1. The average molecular weight is 1140 g/mol. The zero-order valence-corrected chi connectivity index (χ0v) is 51.1. The molecule has 0 aliphatic heterocycles. The predicted octanol–water partition coefficient (Wildman–Crippen LogP) is 18.9. The van der Waals surface area contributed by atoms with Crippen LogP contribution in [0.2, 0.25) is 0 Å². The molecule has 0 aromatic rings. The van der Waals surface area contributed by atoms with E-state index in [4.69, 9.17) is 23.3 Å². The SMILES string of the molecule is CC/C=C\C/C=C\C/C=C\C/C=C\C/C=C\CC(=O)OC(CO)COP(=O)(O)OCC(COC(=O)CCCCCCCCCCC/C=C\C/C=C\CCCCC)OC(=O)CCCCCCCC/C=C\C/C=C\C/C=C\C/C=C\CC. The largest absolute Gasteiger partial charge is 0.472 e. The molecule has 80 heavy (non-hydrogen) atoms. The number of hydrogen-bond acceptors (Lipinski definition) is 10.